The third-order valence-corrected chi connectivity index (χ3v) is 5.81. The molecule has 1 fully saturated rings. The Bertz CT molecular complexity index is 1080. The first-order valence-corrected chi connectivity index (χ1v) is 11.1. The second kappa shape index (κ2) is 8.94. The molecular weight excluding hydrogens is 536 g/mol. The quantitative estimate of drug-likeness (QED) is 0.337. The Balaban J connectivity index is 2.04. The van der Waals surface area contributed by atoms with Crippen LogP contribution in [0.4, 0.5) is 28.2 Å². The van der Waals surface area contributed by atoms with Crippen molar-refractivity contribution in [1.29, 1.82) is 0 Å². The van der Waals surface area contributed by atoms with Gasteiger partial charge in [0.05, 0.1) is 4.47 Å². The third-order valence-electron chi connectivity index (χ3n) is 4.90. The molecule has 1 aromatic heterocycles. The van der Waals surface area contributed by atoms with Crippen LogP contribution in [0.2, 0.25) is 5.28 Å². The SMILES string of the molecule is CC1CN(c2nc(Cl)nc3c(F)c(Br)c(OC(F)(F)F)cc23)C(C)CN1C(=O)OC(C)(C)C. The van der Waals surface area contributed by atoms with Gasteiger partial charge in [-0.3, -0.25) is 0 Å². The van der Waals surface area contributed by atoms with Crippen LogP contribution in [0, 0.1) is 5.82 Å². The number of anilines is 1. The van der Waals surface area contributed by atoms with Gasteiger partial charge in [0.25, 0.3) is 0 Å². The lowest BCUT2D eigenvalue weighted by molar-refractivity contribution is -0.274. The molecule has 0 spiro atoms. The zero-order valence-electron chi connectivity index (χ0n) is 18.4. The number of alkyl halides is 3. The van der Waals surface area contributed by atoms with E-state index in [9.17, 15) is 22.4 Å². The molecule has 0 radical (unpaired) electrons. The van der Waals surface area contributed by atoms with Crippen molar-refractivity contribution in [3.05, 3.63) is 21.6 Å². The molecular formula is C20H22BrClF4N4O3. The fourth-order valence-electron chi connectivity index (χ4n) is 3.55. The number of hydrogen-bond acceptors (Lipinski definition) is 6. The highest BCUT2D eigenvalue weighted by Gasteiger charge is 2.37. The molecule has 0 bridgehead atoms. The van der Waals surface area contributed by atoms with E-state index in [-0.39, 0.29) is 47.2 Å². The van der Waals surface area contributed by atoms with Gasteiger partial charge in [-0.25, -0.2) is 14.2 Å². The van der Waals surface area contributed by atoms with Crippen LogP contribution in [0.3, 0.4) is 0 Å². The maximum absolute atomic E-state index is 14.9. The Kier molecular flexibility index (Phi) is 6.92. The van der Waals surface area contributed by atoms with Gasteiger partial charge in [0.15, 0.2) is 5.82 Å². The molecule has 2 aromatic rings. The molecule has 3 rings (SSSR count). The highest BCUT2D eigenvalue weighted by Crippen LogP contribution is 2.40. The summed E-state index contributed by atoms with van der Waals surface area (Å²) in [5.74, 6) is -1.70. The van der Waals surface area contributed by atoms with Crippen molar-refractivity contribution in [1.82, 2.24) is 14.9 Å². The normalized spacial score (nSPS) is 19.7. The summed E-state index contributed by atoms with van der Waals surface area (Å²) in [6.07, 6.45) is -5.51. The molecule has 1 saturated heterocycles. The van der Waals surface area contributed by atoms with Crippen LogP contribution in [0.15, 0.2) is 10.5 Å². The van der Waals surface area contributed by atoms with Crippen molar-refractivity contribution in [3.63, 3.8) is 0 Å². The van der Waals surface area contributed by atoms with Crippen LogP contribution >= 0.6 is 27.5 Å². The maximum Gasteiger partial charge on any atom is 0.573 e. The summed E-state index contributed by atoms with van der Waals surface area (Å²) in [4.78, 5) is 23.9. The van der Waals surface area contributed by atoms with Crippen molar-refractivity contribution >= 4 is 50.3 Å². The van der Waals surface area contributed by atoms with Gasteiger partial charge in [-0.1, -0.05) is 0 Å². The van der Waals surface area contributed by atoms with Gasteiger partial charge >= 0.3 is 12.5 Å². The van der Waals surface area contributed by atoms with Gasteiger partial charge in [-0.05, 0) is 68.2 Å². The summed E-state index contributed by atoms with van der Waals surface area (Å²) in [7, 11) is 0. The van der Waals surface area contributed by atoms with E-state index in [1.165, 1.54) is 0 Å². The highest BCUT2D eigenvalue weighted by molar-refractivity contribution is 9.10. The average Bonchev–Trinajstić information content (AvgIpc) is 2.65. The van der Waals surface area contributed by atoms with Crippen LogP contribution in [0.25, 0.3) is 10.9 Å². The summed E-state index contributed by atoms with van der Waals surface area (Å²) in [6, 6.07) is 0.326. The monoisotopic (exact) mass is 556 g/mol. The Morgan fingerprint density at radius 1 is 1.18 bits per heavy atom. The van der Waals surface area contributed by atoms with Gasteiger partial charge in [0, 0.05) is 30.6 Å². The van der Waals surface area contributed by atoms with Crippen molar-refractivity contribution in [2.45, 2.75) is 58.7 Å². The minimum Gasteiger partial charge on any atom is -0.444 e. The first-order valence-electron chi connectivity index (χ1n) is 9.94. The number of halogens is 6. The fourth-order valence-corrected chi connectivity index (χ4v) is 4.10. The number of carbonyl (C=O) groups is 1. The summed E-state index contributed by atoms with van der Waals surface area (Å²) < 4.78 is 62.4. The number of ether oxygens (including phenoxy) is 2. The first-order chi connectivity index (χ1) is 15.1. The van der Waals surface area contributed by atoms with E-state index in [1.54, 1.807) is 44.4 Å². The highest BCUT2D eigenvalue weighted by atomic mass is 79.9. The molecule has 0 saturated carbocycles. The molecule has 0 aliphatic carbocycles. The average molecular weight is 558 g/mol. The minimum absolute atomic E-state index is 0.0101. The lowest BCUT2D eigenvalue weighted by Gasteiger charge is -2.44. The number of carbonyl (C=O) groups excluding carboxylic acids is 1. The largest absolute Gasteiger partial charge is 0.573 e. The Morgan fingerprint density at radius 2 is 1.82 bits per heavy atom. The summed E-state index contributed by atoms with van der Waals surface area (Å²) >= 11 is 8.82. The van der Waals surface area contributed by atoms with Crippen LogP contribution in [-0.2, 0) is 4.74 Å². The summed E-state index contributed by atoms with van der Waals surface area (Å²) in [5, 5.41) is -0.286. The Labute approximate surface area is 201 Å². The summed E-state index contributed by atoms with van der Waals surface area (Å²) in [5.41, 5.74) is -0.936. The lowest BCUT2D eigenvalue weighted by Crippen LogP contribution is -2.59. The van der Waals surface area contributed by atoms with Gasteiger partial charge in [0.2, 0.25) is 5.28 Å². The molecule has 182 valence electrons. The van der Waals surface area contributed by atoms with Crippen molar-refractivity contribution in [2.75, 3.05) is 18.0 Å². The van der Waals surface area contributed by atoms with Crippen molar-refractivity contribution in [3.8, 4) is 5.75 Å². The fraction of sp³-hybridized carbons (Fsp3) is 0.550. The number of hydrogen-bond donors (Lipinski definition) is 0. The molecule has 1 amide bonds. The molecule has 1 aliphatic heterocycles. The van der Waals surface area contributed by atoms with E-state index >= 15 is 0 Å². The molecule has 13 heteroatoms. The number of aromatic nitrogens is 2. The maximum atomic E-state index is 14.9. The van der Waals surface area contributed by atoms with E-state index in [2.05, 4.69) is 30.6 Å². The summed E-state index contributed by atoms with van der Waals surface area (Å²) in [6.45, 7) is 9.36. The van der Waals surface area contributed by atoms with E-state index in [1.807, 2.05) is 0 Å². The first kappa shape index (κ1) is 25.5. The number of benzene rings is 1. The number of rotatable bonds is 2. The number of piperazine rings is 1. The van der Waals surface area contributed by atoms with Crippen LogP contribution in [0.1, 0.15) is 34.6 Å². The molecule has 2 atom stereocenters. The predicted octanol–water partition coefficient (Wildman–Crippen LogP) is 5.92. The van der Waals surface area contributed by atoms with Gasteiger partial charge in [-0.2, -0.15) is 4.98 Å². The van der Waals surface area contributed by atoms with E-state index in [4.69, 9.17) is 16.3 Å². The second-order valence-corrected chi connectivity index (χ2v) is 9.88. The van der Waals surface area contributed by atoms with Gasteiger partial charge < -0.3 is 19.3 Å². The third kappa shape index (κ3) is 5.71. The number of amides is 1. The van der Waals surface area contributed by atoms with E-state index in [0.29, 0.717) is 0 Å². The molecule has 1 aromatic carbocycles. The molecule has 1 aliphatic rings. The predicted molar refractivity (Wildman–Crippen MR) is 118 cm³/mol. The molecule has 2 unspecified atom stereocenters. The van der Waals surface area contributed by atoms with E-state index < -0.39 is 34.1 Å². The topological polar surface area (TPSA) is 67.8 Å². The zero-order chi connectivity index (χ0) is 24.9. The van der Waals surface area contributed by atoms with Crippen molar-refractivity contribution in [2.24, 2.45) is 0 Å². The minimum atomic E-state index is -5.03. The Hall–Kier alpha value is -2.08. The van der Waals surface area contributed by atoms with Crippen molar-refractivity contribution < 1.29 is 31.8 Å². The van der Waals surface area contributed by atoms with Crippen LogP contribution < -0.4 is 9.64 Å². The van der Waals surface area contributed by atoms with Crippen LogP contribution in [-0.4, -0.2) is 58.1 Å². The molecule has 7 nitrogen and oxygen atoms in total. The molecule has 33 heavy (non-hydrogen) atoms. The standard InChI is InChI=1S/C20H22BrClF4N4O3/c1-9-8-30(18(31)33-19(3,4)5)10(2)7-29(9)16-11-6-12(32-20(24,25)26)13(21)14(23)15(11)27-17(22)28-16/h6,9-10H,7-8H2,1-5H3. The van der Waals surface area contributed by atoms with Gasteiger partial charge in [0.1, 0.15) is 22.7 Å². The smallest absolute Gasteiger partial charge is 0.444 e. The Morgan fingerprint density at radius 3 is 2.39 bits per heavy atom. The van der Waals surface area contributed by atoms with E-state index in [0.717, 1.165) is 6.07 Å². The lowest BCUT2D eigenvalue weighted by atomic mass is 10.1. The van der Waals surface area contributed by atoms with Gasteiger partial charge in [-0.15, -0.1) is 13.2 Å². The zero-order valence-corrected chi connectivity index (χ0v) is 20.8. The molecule has 0 N–H and O–H groups in total. The molecule has 2 heterocycles. The second-order valence-electron chi connectivity index (χ2n) is 8.75. The number of fused-ring (bicyclic) bond motifs is 1. The van der Waals surface area contributed by atoms with Crippen LogP contribution in [0.5, 0.6) is 5.75 Å². The number of nitrogens with zero attached hydrogens (tertiary/aromatic N) is 4.